The summed E-state index contributed by atoms with van der Waals surface area (Å²) in [6, 6.07) is 0. The van der Waals surface area contributed by atoms with Crippen LogP contribution in [0, 0.1) is 29.1 Å². The van der Waals surface area contributed by atoms with Crippen molar-refractivity contribution < 1.29 is 0 Å². The van der Waals surface area contributed by atoms with Crippen LogP contribution in [-0.4, -0.2) is 0 Å². The third-order valence-corrected chi connectivity index (χ3v) is 4.52. The fourth-order valence-electron chi connectivity index (χ4n) is 2.38. The molecule has 0 heterocycles. The van der Waals surface area contributed by atoms with Gasteiger partial charge in [0.2, 0.25) is 0 Å². The molecule has 0 aliphatic carbocycles. The zero-order valence-corrected chi connectivity index (χ0v) is 14.6. The maximum absolute atomic E-state index is 4.34. The Labute approximate surface area is 122 Å². The summed E-state index contributed by atoms with van der Waals surface area (Å²) in [6.07, 6.45) is 2.25. The van der Waals surface area contributed by atoms with Crippen LogP contribution in [-0.2, 0) is 0 Å². The highest BCUT2D eigenvalue weighted by Gasteiger charge is 2.23. The van der Waals surface area contributed by atoms with Gasteiger partial charge in [-0.1, -0.05) is 79.7 Å². The van der Waals surface area contributed by atoms with Gasteiger partial charge < -0.3 is 0 Å². The van der Waals surface area contributed by atoms with Gasteiger partial charge in [-0.3, -0.25) is 0 Å². The van der Waals surface area contributed by atoms with Crippen molar-refractivity contribution in [2.45, 2.75) is 68.2 Å². The minimum Gasteiger partial charge on any atom is -0.0996 e. The SMILES string of the molecule is C=C(CC(C)C(C)C)C(C)C(C)C(=C)CC(C)(C)C. The van der Waals surface area contributed by atoms with Crippen LogP contribution in [0.1, 0.15) is 68.2 Å². The normalized spacial score (nSPS) is 17.1. The highest BCUT2D eigenvalue weighted by atomic mass is 14.3. The van der Waals surface area contributed by atoms with E-state index in [4.69, 9.17) is 0 Å². The lowest BCUT2D eigenvalue weighted by Gasteiger charge is -2.30. The average Bonchev–Trinajstić information content (AvgIpc) is 2.24. The number of allylic oxidation sites excluding steroid dienone is 2. The van der Waals surface area contributed by atoms with Crippen molar-refractivity contribution >= 4 is 0 Å². The van der Waals surface area contributed by atoms with Crippen molar-refractivity contribution in [3.8, 4) is 0 Å². The lowest BCUT2D eigenvalue weighted by Crippen LogP contribution is -2.18. The van der Waals surface area contributed by atoms with E-state index in [0.717, 1.165) is 24.7 Å². The summed E-state index contributed by atoms with van der Waals surface area (Å²) >= 11 is 0. The minimum atomic E-state index is 0.331. The Morgan fingerprint density at radius 2 is 1.26 bits per heavy atom. The summed E-state index contributed by atoms with van der Waals surface area (Å²) in [6.45, 7) is 27.0. The van der Waals surface area contributed by atoms with Gasteiger partial charge in [0.1, 0.15) is 0 Å². The van der Waals surface area contributed by atoms with E-state index in [9.17, 15) is 0 Å². The molecule has 0 saturated carbocycles. The van der Waals surface area contributed by atoms with Gasteiger partial charge in [0.05, 0.1) is 0 Å². The quantitative estimate of drug-likeness (QED) is 0.461. The van der Waals surface area contributed by atoms with E-state index >= 15 is 0 Å². The van der Waals surface area contributed by atoms with Crippen LogP contribution in [0.4, 0.5) is 0 Å². The van der Waals surface area contributed by atoms with Gasteiger partial charge in [-0.2, -0.15) is 0 Å². The molecule has 0 radical (unpaired) electrons. The van der Waals surface area contributed by atoms with Crippen LogP contribution >= 0.6 is 0 Å². The number of rotatable bonds is 7. The van der Waals surface area contributed by atoms with Gasteiger partial charge in [-0.25, -0.2) is 0 Å². The average molecular weight is 264 g/mol. The molecule has 112 valence electrons. The van der Waals surface area contributed by atoms with Crippen LogP contribution in [0.15, 0.2) is 24.3 Å². The van der Waals surface area contributed by atoms with Gasteiger partial charge >= 0.3 is 0 Å². The lowest BCUT2D eigenvalue weighted by molar-refractivity contribution is 0.356. The topological polar surface area (TPSA) is 0 Å². The van der Waals surface area contributed by atoms with Crippen molar-refractivity contribution in [3.05, 3.63) is 24.3 Å². The number of hydrogen-bond acceptors (Lipinski definition) is 0. The zero-order valence-electron chi connectivity index (χ0n) is 14.6. The van der Waals surface area contributed by atoms with Crippen LogP contribution in [0.25, 0.3) is 0 Å². The first-order chi connectivity index (χ1) is 8.45. The second-order valence-corrected chi connectivity index (χ2v) is 8.06. The standard InChI is InChI=1S/C19H36/c1-13(2)14(3)11-15(4)17(6)18(7)16(5)12-19(8,9)10/h13-14,17-18H,4-5,11-12H2,1-3,6-10H3. The molecular formula is C19H36. The van der Waals surface area contributed by atoms with Crippen molar-refractivity contribution in [1.82, 2.24) is 0 Å². The Kier molecular flexibility index (Phi) is 7.11. The molecule has 3 atom stereocenters. The summed E-state index contributed by atoms with van der Waals surface area (Å²) in [5.41, 5.74) is 3.10. The predicted molar refractivity (Wildman–Crippen MR) is 89.3 cm³/mol. The second kappa shape index (κ2) is 7.31. The highest BCUT2D eigenvalue weighted by Crippen LogP contribution is 2.35. The van der Waals surface area contributed by atoms with E-state index in [1.54, 1.807) is 0 Å². The predicted octanol–water partition coefficient (Wildman–Crippen LogP) is 6.49. The van der Waals surface area contributed by atoms with E-state index in [-0.39, 0.29) is 0 Å². The van der Waals surface area contributed by atoms with Crippen LogP contribution in [0.5, 0.6) is 0 Å². The van der Waals surface area contributed by atoms with Gasteiger partial charge in [-0.05, 0) is 41.9 Å². The molecule has 0 aromatic heterocycles. The molecule has 19 heavy (non-hydrogen) atoms. The fourth-order valence-corrected chi connectivity index (χ4v) is 2.38. The molecule has 0 amide bonds. The lowest BCUT2D eigenvalue weighted by atomic mass is 9.76. The summed E-state index contributed by atoms with van der Waals surface area (Å²) in [5.74, 6) is 2.53. The van der Waals surface area contributed by atoms with Gasteiger partial charge in [0.15, 0.2) is 0 Å². The molecule has 0 bridgehead atoms. The van der Waals surface area contributed by atoms with Crippen LogP contribution < -0.4 is 0 Å². The molecule has 3 unspecified atom stereocenters. The Bertz CT molecular complexity index is 300. The Hall–Kier alpha value is -0.520. The Morgan fingerprint density at radius 3 is 1.63 bits per heavy atom. The molecule has 0 aliphatic heterocycles. The third-order valence-electron chi connectivity index (χ3n) is 4.52. The highest BCUT2D eigenvalue weighted by molar-refractivity contribution is 5.11. The third kappa shape index (κ3) is 6.99. The van der Waals surface area contributed by atoms with E-state index in [2.05, 4.69) is 68.5 Å². The smallest absolute Gasteiger partial charge is 0.0171 e. The van der Waals surface area contributed by atoms with Crippen molar-refractivity contribution in [2.24, 2.45) is 29.1 Å². The Morgan fingerprint density at radius 1 is 0.842 bits per heavy atom. The van der Waals surface area contributed by atoms with E-state index in [1.165, 1.54) is 11.1 Å². The molecule has 0 aromatic carbocycles. The van der Waals surface area contributed by atoms with E-state index < -0.39 is 0 Å². The minimum absolute atomic E-state index is 0.331. The van der Waals surface area contributed by atoms with Crippen molar-refractivity contribution in [3.63, 3.8) is 0 Å². The summed E-state index contributed by atoms with van der Waals surface area (Å²) in [7, 11) is 0. The summed E-state index contributed by atoms with van der Waals surface area (Å²) < 4.78 is 0. The molecule has 0 nitrogen and oxygen atoms in total. The first-order valence-corrected chi connectivity index (χ1v) is 7.81. The molecule has 0 aliphatic rings. The number of hydrogen-bond donors (Lipinski definition) is 0. The van der Waals surface area contributed by atoms with Crippen LogP contribution in [0.2, 0.25) is 0 Å². The second-order valence-electron chi connectivity index (χ2n) is 8.06. The summed E-state index contributed by atoms with van der Waals surface area (Å²) in [5, 5.41) is 0. The van der Waals surface area contributed by atoms with Crippen LogP contribution in [0.3, 0.4) is 0 Å². The first-order valence-electron chi connectivity index (χ1n) is 7.81. The maximum Gasteiger partial charge on any atom is -0.0171 e. The molecule has 0 aromatic rings. The molecule has 0 saturated heterocycles. The molecule has 0 heteroatoms. The van der Waals surface area contributed by atoms with E-state index in [1.807, 2.05) is 0 Å². The molecule has 0 spiro atoms. The van der Waals surface area contributed by atoms with Gasteiger partial charge in [0.25, 0.3) is 0 Å². The summed E-state index contributed by atoms with van der Waals surface area (Å²) in [4.78, 5) is 0. The fraction of sp³-hybridized carbons (Fsp3) is 0.789. The monoisotopic (exact) mass is 264 g/mol. The molecule has 0 fully saturated rings. The van der Waals surface area contributed by atoms with Gasteiger partial charge in [-0.15, -0.1) is 0 Å². The zero-order chi connectivity index (χ0) is 15.4. The van der Waals surface area contributed by atoms with Crippen molar-refractivity contribution in [2.75, 3.05) is 0 Å². The Balaban J connectivity index is 4.51. The van der Waals surface area contributed by atoms with Crippen molar-refractivity contribution in [1.29, 1.82) is 0 Å². The van der Waals surface area contributed by atoms with E-state index in [0.29, 0.717) is 17.3 Å². The first kappa shape index (κ1) is 18.5. The molecule has 0 N–H and O–H groups in total. The molecular weight excluding hydrogens is 228 g/mol. The largest absolute Gasteiger partial charge is 0.0996 e. The molecule has 0 rings (SSSR count). The maximum atomic E-state index is 4.34. The van der Waals surface area contributed by atoms with Gasteiger partial charge in [0, 0.05) is 0 Å².